The van der Waals surface area contributed by atoms with E-state index in [2.05, 4.69) is 17.0 Å². The van der Waals surface area contributed by atoms with Crippen LogP contribution < -0.4 is 10.0 Å². The normalized spacial score (nSPS) is 17.2. The Hall–Kier alpha value is -1.70. The zero-order valence-corrected chi connectivity index (χ0v) is 18.8. The third-order valence-corrected chi connectivity index (χ3v) is 6.86. The topological polar surface area (TPSA) is 58.2 Å². The predicted molar refractivity (Wildman–Crippen MR) is 119 cm³/mol. The van der Waals surface area contributed by atoms with Crippen molar-refractivity contribution in [2.45, 2.75) is 62.8 Å². The summed E-state index contributed by atoms with van der Waals surface area (Å²) in [7, 11) is -3.78. The number of hydrogen-bond donors (Lipinski definition) is 2. The van der Waals surface area contributed by atoms with Crippen LogP contribution in [-0.2, 0) is 22.9 Å². The zero-order valence-electron chi connectivity index (χ0n) is 17.2. The van der Waals surface area contributed by atoms with Crippen LogP contribution in [0.5, 0.6) is 0 Å². The van der Waals surface area contributed by atoms with Crippen LogP contribution in [0.1, 0.15) is 49.3 Å². The summed E-state index contributed by atoms with van der Waals surface area (Å²) in [4.78, 5) is 0.0595. The summed E-state index contributed by atoms with van der Waals surface area (Å²) in [6.07, 6.45) is 1.51. The molecule has 8 heteroatoms. The van der Waals surface area contributed by atoms with Crippen LogP contribution in [0.4, 0.5) is 14.5 Å². The Kier molecular flexibility index (Phi) is 8.64. The van der Waals surface area contributed by atoms with Gasteiger partial charge >= 0.3 is 0 Å². The highest BCUT2D eigenvalue weighted by Gasteiger charge is 2.21. The second-order valence-corrected chi connectivity index (χ2v) is 9.36. The number of halogens is 3. The van der Waals surface area contributed by atoms with E-state index in [0.717, 1.165) is 32.2 Å². The van der Waals surface area contributed by atoms with Gasteiger partial charge in [-0.2, -0.15) is 0 Å². The van der Waals surface area contributed by atoms with Gasteiger partial charge in [0.1, 0.15) is 0 Å². The SMILES string of the molecule is CCCN[C@H]1CCc2cc(NS(=O)(=O)c3ccc(C(C)C(F)F)cc3)ccc2C1.Cl. The van der Waals surface area contributed by atoms with Crippen LogP contribution in [0.15, 0.2) is 47.4 Å². The maximum atomic E-state index is 12.8. The van der Waals surface area contributed by atoms with E-state index in [4.69, 9.17) is 0 Å². The van der Waals surface area contributed by atoms with Crippen molar-refractivity contribution in [3.05, 3.63) is 59.2 Å². The summed E-state index contributed by atoms with van der Waals surface area (Å²) in [6, 6.07) is 11.8. The Balaban J connectivity index is 0.00000320. The molecule has 0 bridgehead atoms. The number of sulfonamides is 1. The Bertz CT molecular complexity index is 937. The molecular weight excluding hydrogens is 430 g/mol. The van der Waals surface area contributed by atoms with E-state index in [1.54, 1.807) is 6.07 Å². The summed E-state index contributed by atoms with van der Waals surface area (Å²) in [6.45, 7) is 4.57. The average Bonchev–Trinajstić information content (AvgIpc) is 2.71. The lowest BCUT2D eigenvalue weighted by atomic mass is 9.88. The molecule has 0 amide bonds. The van der Waals surface area contributed by atoms with E-state index >= 15 is 0 Å². The summed E-state index contributed by atoms with van der Waals surface area (Å²) < 4.78 is 53.6. The van der Waals surface area contributed by atoms with Gasteiger partial charge in [0.15, 0.2) is 0 Å². The molecule has 3 rings (SSSR count). The second-order valence-electron chi connectivity index (χ2n) is 7.68. The molecule has 2 N–H and O–H groups in total. The van der Waals surface area contributed by atoms with Crippen LogP contribution in [-0.4, -0.2) is 27.4 Å². The fourth-order valence-corrected chi connectivity index (χ4v) is 4.70. The molecule has 2 aromatic carbocycles. The molecule has 0 radical (unpaired) electrons. The van der Waals surface area contributed by atoms with E-state index < -0.39 is 22.4 Å². The summed E-state index contributed by atoms with van der Waals surface area (Å²) >= 11 is 0. The zero-order chi connectivity index (χ0) is 21.0. The minimum Gasteiger partial charge on any atom is -0.314 e. The first-order chi connectivity index (χ1) is 13.8. The van der Waals surface area contributed by atoms with Crippen LogP contribution in [0.2, 0.25) is 0 Å². The maximum Gasteiger partial charge on any atom is 0.261 e. The summed E-state index contributed by atoms with van der Waals surface area (Å²) in [5.74, 6) is -0.934. The van der Waals surface area contributed by atoms with E-state index in [9.17, 15) is 17.2 Å². The van der Waals surface area contributed by atoms with Crippen molar-refractivity contribution in [1.82, 2.24) is 5.32 Å². The maximum absolute atomic E-state index is 12.8. The highest BCUT2D eigenvalue weighted by atomic mass is 35.5. The molecule has 0 heterocycles. The van der Waals surface area contributed by atoms with Crippen LogP contribution in [0.3, 0.4) is 0 Å². The number of hydrogen-bond acceptors (Lipinski definition) is 3. The van der Waals surface area contributed by atoms with Crippen molar-refractivity contribution in [3.63, 3.8) is 0 Å². The highest BCUT2D eigenvalue weighted by Crippen LogP contribution is 2.27. The van der Waals surface area contributed by atoms with Gasteiger partial charge in [0.25, 0.3) is 10.0 Å². The summed E-state index contributed by atoms with van der Waals surface area (Å²) in [5, 5.41) is 3.55. The molecule has 1 aliphatic carbocycles. The lowest BCUT2D eigenvalue weighted by Gasteiger charge is -2.26. The standard InChI is InChI=1S/C22H28F2N2O2S.ClH/c1-3-12-25-19-8-4-18-14-20(9-5-17(18)13-19)26-29(27,28)21-10-6-16(7-11-21)15(2)22(23)24;/h5-7,9-11,14-15,19,22,25-26H,3-4,8,12-13H2,1-2H3;1H/t15?,19-;/m0./s1. The number of benzene rings is 2. The molecule has 1 unspecified atom stereocenters. The fraction of sp³-hybridized carbons (Fsp3) is 0.455. The van der Waals surface area contributed by atoms with Crippen LogP contribution >= 0.6 is 12.4 Å². The van der Waals surface area contributed by atoms with Gasteiger partial charge in [0.05, 0.1) is 4.90 Å². The second kappa shape index (κ2) is 10.6. The third-order valence-electron chi connectivity index (χ3n) is 5.46. The van der Waals surface area contributed by atoms with Gasteiger partial charge in [0, 0.05) is 17.6 Å². The van der Waals surface area contributed by atoms with Gasteiger partial charge in [0.2, 0.25) is 6.43 Å². The van der Waals surface area contributed by atoms with Gasteiger partial charge in [-0.05, 0) is 73.2 Å². The van der Waals surface area contributed by atoms with Crippen molar-refractivity contribution < 1.29 is 17.2 Å². The Morgan fingerprint density at radius 2 is 1.80 bits per heavy atom. The third kappa shape index (κ3) is 5.93. The molecule has 30 heavy (non-hydrogen) atoms. The van der Waals surface area contributed by atoms with E-state index in [0.29, 0.717) is 17.3 Å². The molecule has 0 aliphatic heterocycles. The number of nitrogens with one attached hydrogen (secondary N) is 2. The molecule has 4 nitrogen and oxygen atoms in total. The predicted octanol–water partition coefficient (Wildman–Crippen LogP) is 5.13. The molecule has 1 aliphatic rings. The van der Waals surface area contributed by atoms with Crippen molar-refractivity contribution in [3.8, 4) is 0 Å². The molecule has 0 saturated carbocycles. The molecule has 166 valence electrons. The Morgan fingerprint density at radius 3 is 2.43 bits per heavy atom. The minimum absolute atomic E-state index is 0. The first kappa shape index (κ1) is 24.6. The highest BCUT2D eigenvalue weighted by molar-refractivity contribution is 7.92. The lowest BCUT2D eigenvalue weighted by molar-refractivity contribution is 0.121. The Morgan fingerprint density at radius 1 is 1.10 bits per heavy atom. The molecule has 0 spiro atoms. The quantitative estimate of drug-likeness (QED) is 0.576. The first-order valence-electron chi connectivity index (χ1n) is 10.1. The van der Waals surface area contributed by atoms with Crippen molar-refractivity contribution >= 4 is 28.1 Å². The first-order valence-corrected chi connectivity index (χ1v) is 11.5. The lowest BCUT2D eigenvalue weighted by Crippen LogP contribution is -2.35. The molecule has 0 saturated heterocycles. The largest absolute Gasteiger partial charge is 0.314 e. The molecular formula is C22H29ClF2N2O2S. The van der Waals surface area contributed by atoms with E-state index in [1.807, 2.05) is 12.1 Å². The fourth-order valence-electron chi connectivity index (χ4n) is 3.65. The van der Waals surface area contributed by atoms with Gasteiger partial charge in [-0.25, -0.2) is 17.2 Å². The van der Waals surface area contributed by atoms with Crippen molar-refractivity contribution in [2.24, 2.45) is 0 Å². The van der Waals surface area contributed by atoms with E-state index in [-0.39, 0.29) is 17.3 Å². The minimum atomic E-state index is -3.78. The van der Waals surface area contributed by atoms with Crippen LogP contribution in [0.25, 0.3) is 0 Å². The number of alkyl halides is 2. The van der Waals surface area contributed by atoms with Crippen molar-refractivity contribution in [2.75, 3.05) is 11.3 Å². The molecule has 0 aromatic heterocycles. The number of anilines is 1. The van der Waals surface area contributed by atoms with Gasteiger partial charge < -0.3 is 5.32 Å². The monoisotopic (exact) mass is 458 g/mol. The summed E-state index contributed by atoms with van der Waals surface area (Å²) in [5.41, 5.74) is 3.35. The number of rotatable bonds is 8. The van der Waals surface area contributed by atoms with Crippen molar-refractivity contribution in [1.29, 1.82) is 0 Å². The van der Waals surface area contributed by atoms with Gasteiger partial charge in [-0.1, -0.05) is 32.0 Å². The van der Waals surface area contributed by atoms with E-state index in [1.165, 1.54) is 42.3 Å². The number of fused-ring (bicyclic) bond motifs is 1. The molecule has 2 atom stereocenters. The van der Waals surface area contributed by atoms with Gasteiger partial charge in [-0.15, -0.1) is 12.4 Å². The molecule has 0 fully saturated rings. The number of aryl methyl sites for hydroxylation is 1. The average molecular weight is 459 g/mol. The van der Waals surface area contributed by atoms with Crippen LogP contribution in [0, 0.1) is 0 Å². The molecule has 2 aromatic rings. The Labute approximate surface area is 183 Å². The smallest absolute Gasteiger partial charge is 0.261 e. The van der Waals surface area contributed by atoms with Gasteiger partial charge in [-0.3, -0.25) is 4.72 Å².